The molecule has 1 aliphatic heterocycles. The number of piperazine rings is 1. The molecular weight excluding hydrogens is 304 g/mol. The number of methoxy groups -OCH3 is 2. The molecule has 1 fully saturated rings. The molecule has 0 saturated carbocycles. The van der Waals surface area contributed by atoms with E-state index in [2.05, 4.69) is 38.4 Å². The number of aryl methyl sites for hydroxylation is 1. The van der Waals surface area contributed by atoms with Crippen molar-refractivity contribution < 1.29 is 9.47 Å². The van der Waals surface area contributed by atoms with Gasteiger partial charge in [0.25, 0.3) is 0 Å². The largest absolute Gasteiger partial charge is 0.497 e. The van der Waals surface area contributed by atoms with Gasteiger partial charge >= 0.3 is 0 Å². The monoisotopic (exact) mass is 330 g/mol. The van der Waals surface area contributed by atoms with E-state index >= 15 is 0 Å². The van der Waals surface area contributed by atoms with Crippen LogP contribution in [0.15, 0.2) is 30.6 Å². The van der Waals surface area contributed by atoms with Gasteiger partial charge in [0.05, 0.1) is 14.2 Å². The van der Waals surface area contributed by atoms with Gasteiger partial charge in [0.2, 0.25) is 5.95 Å². The number of ether oxygens (including phenoxy) is 2. The van der Waals surface area contributed by atoms with Crippen LogP contribution in [0.3, 0.4) is 0 Å². The molecule has 2 aromatic rings. The van der Waals surface area contributed by atoms with Crippen molar-refractivity contribution in [3.05, 3.63) is 36.2 Å². The quantitative estimate of drug-likeness (QED) is 0.813. The van der Waals surface area contributed by atoms with Crippen LogP contribution in [0.2, 0.25) is 0 Å². The van der Waals surface area contributed by atoms with Gasteiger partial charge in [0.15, 0.2) is 0 Å². The lowest BCUT2D eigenvalue weighted by molar-refractivity contribution is 0.247. The zero-order chi connectivity index (χ0) is 16.9. The van der Waals surface area contributed by atoms with Crippen LogP contribution in [0.4, 0.5) is 5.95 Å². The molecular formula is C18H26N4O2. The molecule has 0 atom stereocenters. The van der Waals surface area contributed by atoms with Gasteiger partial charge in [-0.25, -0.2) is 4.98 Å². The van der Waals surface area contributed by atoms with E-state index in [1.54, 1.807) is 14.2 Å². The number of rotatable bonds is 6. The SMILES string of the molecule is CCn1ccnc1N1CCN(Cc2cc(OC)cc(OC)c2)CC1. The van der Waals surface area contributed by atoms with Gasteiger partial charge in [0.1, 0.15) is 11.5 Å². The molecule has 130 valence electrons. The predicted octanol–water partition coefficient (Wildman–Crippen LogP) is 2.24. The maximum atomic E-state index is 5.36. The summed E-state index contributed by atoms with van der Waals surface area (Å²) in [6.07, 6.45) is 3.93. The molecule has 24 heavy (non-hydrogen) atoms. The minimum absolute atomic E-state index is 0.841. The second-order valence-corrected chi connectivity index (χ2v) is 6.00. The van der Waals surface area contributed by atoms with Crippen molar-refractivity contribution >= 4 is 5.95 Å². The van der Waals surface area contributed by atoms with Gasteiger partial charge in [-0.05, 0) is 24.6 Å². The highest BCUT2D eigenvalue weighted by molar-refractivity contribution is 5.38. The normalized spacial score (nSPS) is 15.5. The highest BCUT2D eigenvalue weighted by Crippen LogP contribution is 2.24. The minimum Gasteiger partial charge on any atom is -0.497 e. The molecule has 0 radical (unpaired) electrons. The van der Waals surface area contributed by atoms with Crippen LogP contribution in [0.1, 0.15) is 12.5 Å². The third-order valence-corrected chi connectivity index (χ3v) is 4.51. The summed E-state index contributed by atoms with van der Waals surface area (Å²) in [6.45, 7) is 8.06. The Balaban J connectivity index is 1.61. The average Bonchev–Trinajstić information content (AvgIpc) is 3.10. The predicted molar refractivity (Wildman–Crippen MR) is 94.9 cm³/mol. The maximum absolute atomic E-state index is 5.36. The lowest BCUT2D eigenvalue weighted by Gasteiger charge is -2.35. The van der Waals surface area contributed by atoms with Crippen LogP contribution in [-0.2, 0) is 13.1 Å². The Labute approximate surface area is 143 Å². The molecule has 3 rings (SSSR count). The second kappa shape index (κ2) is 7.57. The molecule has 1 saturated heterocycles. The molecule has 0 N–H and O–H groups in total. The van der Waals surface area contributed by atoms with Crippen LogP contribution in [0, 0.1) is 0 Å². The summed E-state index contributed by atoms with van der Waals surface area (Å²) < 4.78 is 12.9. The van der Waals surface area contributed by atoms with Crippen molar-refractivity contribution in [3.63, 3.8) is 0 Å². The summed E-state index contributed by atoms with van der Waals surface area (Å²) in [5.41, 5.74) is 1.22. The molecule has 0 amide bonds. The first-order valence-electron chi connectivity index (χ1n) is 8.44. The Kier molecular flexibility index (Phi) is 5.25. The molecule has 1 aromatic carbocycles. The summed E-state index contributed by atoms with van der Waals surface area (Å²) in [6, 6.07) is 6.07. The van der Waals surface area contributed by atoms with Gasteiger partial charge in [-0.15, -0.1) is 0 Å². The van der Waals surface area contributed by atoms with E-state index in [4.69, 9.17) is 9.47 Å². The Hall–Kier alpha value is -2.21. The fourth-order valence-electron chi connectivity index (χ4n) is 3.15. The third-order valence-electron chi connectivity index (χ3n) is 4.51. The highest BCUT2D eigenvalue weighted by Gasteiger charge is 2.20. The van der Waals surface area contributed by atoms with Crippen molar-refractivity contribution in [3.8, 4) is 11.5 Å². The summed E-state index contributed by atoms with van der Waals surface area (Å²) in [5, 5.41) is 0. The lowest BCUT2D eigenvalue weighted by atomic mass is 10.1. The molecule has 6 nitrogen and oxygen atoms in total. The van der Waals surface area contributed by atoms with Gasteiger partial charge < -0.3 is 18.9 Å². The fraction of sp³-hybridized carbons (Fsp3) is 0.500. The summed E-state index contributed by atoms with van der Waals surface area (Å²) in [4.78, 5) is 9.33. The topological polar surface area (TPSA) is 42.8 Å². The molecule has 2 heterocycles. The van der Waals surface area contributed by atoms with Crippen molar-refractivity contribution in [1.82, 2.24) is 14.5 Å². The Morgan fingerprint density at radius 2 is 1.67 bits per heavy atom. The molecule has 1 aliphatic rings. The number of nitrogens with zero attached hydrogens (tertiary/aromatic N) is 4. The van der Waals surface area contributed by atoms with E-state index in [1.165, 1.54) is 5.56 Å². The first-order chi connectivity index (χ1) is 11.7. The first kappa shape index (κ1) is 16.6. The van der Waals surface area contributed by atoms with Gasteiger partial charge in [-0.1, -0.05) is 0 Å². The standard InChI is InChI=1S/C18H26N4O2/c1-4-21-6-5-19-18(21)22-9-7-20(8-10-22)14-15-11-16(23-2)13-17(12-15)24-3/h5-6,11-13H,4,7-10,14H2,1-3H3. The summed E-state index contributed by atoms with van der Waals surface area (Å²) >= 11 is 0. The fourth-order valence-corrected chi connectivity index (χ4v) is 3.15. The van der Waals surface area contributed by atoms with Gasteiger partial charge in [-0.3, -0.25) is 4.90 Å². The van der Waals surface area contributed by atoms with E-state index in [0.29, 0.717) is 0 Å². The second-order valence-electron chi connectivity index (χ2n) is 6.00. The highest BCUT2D eigenvalue weighted by atomic mass is 16.5. The number of hydrogen-bond acceptors (Lipinski definition) is 5. The Morgan fingerprint density at radius 3 is 2.25 bits per heavy atom. The number of hydrogen-bond donors (Lipinski definition) is 0. The average molecular weight is 330 g/mol. The van der Waals surface area contributed by atoms with Gasteiger partial charge in [-0.2, -0.15) is 0 Å². The van der Waals surface area contributed by atoms with Crippen LogP contribution in [-0.4, -0.2) is 54.8 Å². The van der Waals surface area contributed by atoms with E-state index in [0.717, 1.165) is 56.7 Å². The van der Waals surface area contributed by atoms with E-state index in [-0.39, 0.29) is 0 Å². The number of imidazole rings is 1. The summed E-state index contributed by atoms with van der Waals surface area (Å²) in [5.74, 6) is 2.76. The van der Waals surface area contributed by atoms with Crippen molar-refractivity contribution in [2.75, 3.05) is 45.3 Å². The molecule has 0 aliphatic carbocycles. The zero-order valence-corrected chi connectivity index (χ0v) is 14.7. The van der Waals surface area contributed by atoms with Gasteiger partial charge in [0, 0.05) is 57.7 Å². The van der Waals surface area contributed by atoms with Crippen molar-refractivity contribution in [2.24, 2.45) is 0 Å². The molecule has 6 heteroatoms. The number of anilines is 1. The smallest absolute Gasteiger partial charge is 0.205 e. The lowest BCUT2D eigenvalue weighted by Crippen LogP contribution is -2.46. The van der Waals surface area contributed by atoms with Crippen molar-refractivity contribution in [2.45, 2.75) is 20.0 Å². The molecule has 0 spiro atoms. The van der Waals surface area contributed by atoms with E-state index < -0.39 is 0 Å². The number of benzene rings is 1. The van der Waals surface area contributed by atoms with E-state index in [1.807, 2.05) is 18.5 Å². The van der Waals surface area contributed by atoms with E-state index in [9.17, 15) is 0 Å². The van der Waals surface area contributed by atoms with Crippen LogP contribution in [0.5, 0.6) is 11.5 Å². The van der Waals surface area contributed by atoms with Crippen LogP contribution in [0.25, 0.3) is 0 Å². The van der Waals surface area contributed by atoms with Crippen molar-refractivity contribution in [1.29, 1.82) is 0 Å². The van der Waals surface area contributed by atoms with Crippen LogP contribution < -0.4 is 14.4 Å². The zero-order valence-electron chi connectivity index (χ0n) is 14.7. The number of aromatic nitrogens is 2. The first-order valence-corrected chi connectivity index (χ1v) is 8.44. The Morgan fingerprint density at radius 1 is 1.00 bits per heavy atom. The third kappa shape index (κ3) is 3.64. The molecule has 0 bridgehead atoms. The molecule has 0 unspecified atom stereocenters. The van der Waals surface area contributed by atoms with Crippen LogP contribution >= 0.6 is 0 Å². The Bertz CT molecular complexity index is 641. The molecule has 1 aromatic heterocycles. The minimum atomic E-state index is 0.841. The maximum Gasteiger partial charge on any atom is 0.205 e. The summed E-state index contributed by atoms with van der Waals surface area (Å²) in [7, 11) is 3.38.